The van der Waals surface area contributed by atoms with E-state index in [1.54, 1.807) is 13.8 Å². The van der Waals surface area contributed by atoms with Gasteiger partial charge >= 0.3 is 13.5 Å². The molecule has 1 aromatic heterocycles. The third-order valence-electron chi connectivity index (χ3n) is 7.54. The van der Waals surface area contributed by atoms with Crippen molar-refractivity contribution in [2.24, 2.45) is 4.99 Å². The number of nitrogens with zero attached hydrogens (tertiary/aromatic N) is 2. The highest BCUT2D eigenvalue weighted by Crippen LogP contribution is 2.67. The van der Waals surface area contributed by atoms with Crippen molar-refractivity contribution in [1.82, 2.24) is 9.55 Å². The molecule has 1 aliphatic carbocycles. The zero-order valence-electron chi connectivity index (χ0n) is 26.4. The number of aliphatic hydroxyl groups is 1. The number of ether oxygens (including phenoxy) is 1. The summed E-state index contributed by atoms with van der Waals surface area (Å²) in [6.07, 6.45) is -2.12. The number of rotatable bonds is 12. The Morgan fingerprint density at radius 1 is 1.02 bits per heavy atom. The summed E-state index contributed by atoms with van der Waals surface area (Å²) in [5.74, 6) is -1.26. The fourth-order valence-corrected chi connectivity index (χ4v) is 10.7. The number of halogens is 2. The number of nitrogens with one attached hydrogen (secondary N) is 1. The summed E-state index contributed by atoms with van der Waals surface area (Å²) in [5.41, 5.74) is -1.61. The van der Waals surface area contributed by atoms with Gasteiger partial charge in [0.05, 0.1) is 34.2 Å². The first-order chi connectivity index (χ1) is 23.8. The van der Waals surface area contributed by atoms with Crippen LogP contribution in [-0.4, -0.2) is 45.0 Å². The van der Waals surface area contributed by atoms with Crippen molar-refractivity contribution >= 4 is 71.7 Å². The van der Waals surface area contributed by atoms with E-state index in [1.165, 1.54) is 19.1 Å². The van der Waals surface area contributed by atoms with E-state index in [4.69, 9.17) is 27.9 Å². The van der Waals surface area contributed by atoms with Crippen molar-refractivity contribution in [3.05, 3.63) is 78.1 Å². The monoisotopic (exact) mass is 847 g/mol. The van der Waals surface area contributed by atoms with Crippen LogP contribution in [0.4, 0.5) is 5.69 Å². The number of aliphatic hydroxyl groups excluding tert-OH is 1. The normalized spacial score (nSPS) is 25.8. The highest BCUT2D eigenvalue weighted by molar-refractivity contribution is 7.68. The van der Waals surface area contributed by atoms with E-state index in [9.17, 15) is 57.3 Å². The standard InChI is InChI=1S/C25H27Cl2N3O18P4/c1-11-9-30(24(34)29-23(11)33)19-8-17(31)18(44-19)10-43-49(35,36)46-51(39,40)48-52(41,42)47-50(37,38)45-12-4-5-15-13(6-12)25(2,3)20-16(28-15)7-14(26)22(32)21(20)27/h4-7,9,17-19,31H,8,10H2,1-3H3,(H,35,36)(H,37,38)(H,39,40)(H,41,42)(H,29,33,34)/p-4. The zero-order chi connectivity index (χ0) is 38.8. The molecule has 7 atom stereocenters. The number of Topliss-reactive ketones (excluding diaryl/α,β-unsaturated/α-hetero) is 1. The number of hydrogen-bond acceptors (Lipinski definition) is 19. The molecule has 0 amide bonds. The Bertz CT molecular complexity index is 2270. The predicted molar refractivity (Wildman–Crippen MR) is 169 cm³/mol. The molecular formula is C25H23Cl2N3O18P4-4. The van der Waals surface area contributed by atoms with Gasteiger partial charge in [-0.1, -0.05) is 37.0 Å². The lowest BCUT2D eigenvalue weighted by atomic mass is 9.71. The van der Waals surface area contributed by atoms with Gasteiger partial charge in [0.1, 0.15) is 18.1 Å². The van der Waals surface area contributed by atoms with Crippen molar-refractivity contribution in [2.75, 3.05) is 6.61 Å². The molecule has 52 heavy (non-hydrogen) atoms. The number of carbonyl (C=O) groups excluding carboxylic acids is 1. The Labute approximate surface area is 301 Å². The maximum atomic E-state index is 12.5. The Balaban J connectivity index is 1.21. The molecule has 27 heteroatoms. The number of phosphoric ester groups is 2. The van der Waals surface area contributed by atoms with Gasteiger partial charge < -0.3 is 38.5 Å². The van der Waals surface area contributed by atoms with Gasteiger partial charge in [-0.15, -0.1) is 0 Å². The largest absolute Gasteiger partial charge is 0.756 e. The van der Waals surface area contributed by atoms with Crippen LogP contribution in [0.15, 0.2) is 60.7 Å². The Morgan fingerprint density at radius 2 is 1.63 bits per heavy atom. The van der Waals surface area contributed by atoms with Crippen LogP contribution < -0.4 is 35.3 Å². The minimum Gasteiger partial charge on any atom is -0.756 e. The fraction of sp³-hybridized carbons (Fsp3) is 0.360. The van der Waals surface area contributed by atoms with Crippen LogP contribution in [0, 0.1) is 6.92 Å². The number of allylic oxidation sites excluding steroid dienone is 4. The zero-order valence-corrected chi connectivity index (χ0v) is 31.4. The number of fused-ring (bicyclic) bond motifs is 2. The van der Waals surface area contributed by atoms with Crippen molar-refractivity contribution in [2.45, 2.75) is 51.0 Å². The van der Waals surface area contributed by atoms with Crippen LogP contribution >= 0.6 is 54.5 Å². The first-order valence-corrected chi connectivity index (χ1v) is 20.8. The minimum atomic E-state index is -6.54. The van der Waals surface area contributed by atoms with E-state index in [1.807, 2.05) is 4.98 Å². The molecule has 3 aliphatic rings. The Morgan fingerprint density at radius 3 is 2.29 bits per heavy atom. The van der Waals surface area contributed by atoms with Crippen molar-refractivity contribution in [3.63, 3.8) is 0 Å². The average molecular weight is 848 g/mol. The number of carbonyl (C=O) groups is 1. The van der Waals surface area contributed by atoms with Crippen molar-refractivity contribution in [1.29, 1.82) is 0 Å². The summed E-state index contributed by atoms with van der Waals surface area (Å²) in [6, 6.07) is 3.39. The van der Waals surface area contributed by atoms with Crippen LogP contribution in [0.5, 0.6) is 5.75 Å². The summed E-state index contributed by atoms with van der Waals surface area (Å²) in [6.45, 7) is 3.46. The number of phosphoric acid groups is 4. The van der Waals surface area contributed by atoms with Crippen molar-refractivity contribution < 1.29 is 74.5 Å². The van der Waals surface area contributed by atoms with Gasteiger partial charge in [0.15, 0.2) is 0 Å². The molecular weight excluding hydrogens is 825 g/mol. The molecule has 0 spiro atoms. The van der Waals surface area contributed by atoms with Gasteiger partial charge in [-0.05, 0) is 36.8 Å². The van der Waals surface area contributed by atoms with Gasteiger partial charge in [-0.2, -0.15) is 0 Å². The molecule has 1 saturated heterocycles. The molecule has 2 aliphatic heterocycles. The van der Waals surface area contributed by atoms with E-state index in [0.29, 0.717) is 0 Å². The summed E-state index contributed by atoms with van der Waals surface area (Å²) < 4.78 is 75.4. The number of aromatic amines is 1. The Hall–Kier alpha value is -2.38. The predicted octanol–water partition coefficient (Wildman–Crippen LogP) is 1.07. The molecule has 1 aromatic carbocycles. The van der Waals surface area contributed by atoms with E-state index in [-0.39, 0.29) is 44.6 Å². The first kappa shape index (κ1) is 40.8. The molecule has 7 unspecified atom stereocenters. The van der Waals surface area contributed by atoms with Crippen LogP contribution in [-0.2, 0) is 50.7 Å². The Kier molecular flexibility index (Phi) is 11.3. The lowest BCUT2D eigenvalue weighted by Crippen LogP contribution is -2.33. The summed E-state index contributed by atoms with van der Waals surface area (Å²) in [5, 5.41) is 9.79. The molecule has 5 rings (SSSR count). The lowest BCUT2D eigenvalue weighted by molar-refractivity contribution is -0.253. The maximum absolute atomic E-state index is 12.5. The molecule has 2 aromatic rings. The molecule has 21 nitrogen and oxygen atoms in total. The quantitative estimate of drug-likeness (QED) is 0.223. The molecule has 284 valence electrons. The third-order valence-corrected chi connectivity index (χ3v) is 13.9. The van der Waals surface area contributed by atoms with E-state index in [2.05, 4.69) is 27.0 Å². The fourth-order valence-electron chi connectivity index (χ4n) is 5.27. The summed E-state index contributed by atoms with van der Waals surface area (Å²) in [4.78, 5) is 91.5. The molecule has 0 radical (unpaired) electrons. The summed E-state index contributed by atoms with van der Waals surface area (Å²) >= 11 is 12.2. The molecule has 2 N–H and O–H groups in total. The molecule has 0 bridgehead atoms. The third kappa shape index (κ3) is 8.94. The van der Waals surface area contributed by atoms with E-state index < -0.39 is 84.5 Å². The highest BCUT2D eigenvalue weighted by atomic mass is 35.5. The highest BCUT2D eigenvalue weighted by Gasteiger charge is 2.41. The van der Waals surface area contributed by atoms with E-state index >= 15 is 0 Å². The second kappa shape index (κ2) is 14.4. The van der Waals surface area contributed by atoms with Gasteiger partial charge in [-0.3, -0.25) is 37.4 Å². The molecule has 0 saturated carbocycles. The van der Waals surface area contributed by atoms with Gasteiger partial charge in [-0.25, -0.2) is 22.7 Å². The maximum Gasteiger partial charge on any atom is 0.330 e. The number of aryl methyl sites for hydroxylation is 1. The van der Waals surface area contributed by atoms with Gasteiger partial charge in [0.2, 0.25) is 5.78 Å². The van der Waals surface area contributed by atoms with Crippen LogP contribution in [0.2, 0.25) is 0 Å². The number of aliphatic imine (C=N–C) groups is 1. The second-order valence-electron chi connectivity index (χ2n) is 11.6. The minimum absolute atomic E-state index is 0.101. The van der Waals surface area contributed by atoms with E-state index in [0.717, 1.165) is 22.9 Å². The molecule has 3 heterocycles. The number of ketones is 1. The topological polar surface area (TPSA) is 320 Å². The van der Waals surface area contributed by atoms with Crippen molar-refractivity contribution in [3.8, 4) is 5.75 Å². The van der Waals surface area contributed by atoms with Crippen LogP contribution in [0.1, 0.15) is 37.6 Å². The molecule has 1 fully saturated rings. The van der Waals surface area contributed by atoms with Gasteiger partial charge in [0, 0.05) is 29.2 Å². The second-order valence-corrected chi connectivity index (χ2v) is 18.4. The SMILES string of the molecule is Cc1cn(C2CC(O)C(COP(=O)([O-])OP(=O)([O-])OP(=O)([O-])OP(=O)([O-])Oc3ccc4c(c3)C(C)(C)C3=C(Cl)C(=O)C(Cl)=CC3=N4)O2)c(=O)[nH]c1=O. The summed E-state index contributed by atoms with van der Waals surface area (Å²) in [7, 11) is -25.2. The first-order valence-electron chi connectivity index (χ1n) is 14.2. The van der Waals surface area contributed by atoms with Crippen LogP contribution in [0.3, 0.4) is 0 Å². The van der Waals surface area contributed by atoms with Crippen LogP contribution in [0.25, 0.3) is 0 Å². The number of hydrogen-bond donors (Lipinski definition) is 2. The number of aromatic nitrogens is 2. The average Bonchev–Trinajstić information content (AvgIpc) is 3.34. The number of benzene rings is 1. The number of H-pyrrole nitrogens is 1. The smallest absolute Gasteiger partial charge is 0.330 e. The van der Waals surface area contributed by atoms with Gasteiger partial charge in [0.25, 0.3) is 29.0 Å². The lowest BCUT2D eigenvalue weighted by Gasteiger charge is -2.37.